The van der Waals surface area contributed by atoms with Crippen LogP contribution in [0.3, 0.4) is 0 Å². The van der Waals surface area contributed by atoms with Gasteiger partial charge in [-0.15, -0.1) is 0 Å². The van der Waals surface area contributed by atoms with E-state index in [1.54, 1.807) is 36.4 Å². The summed E-state index contributed by atoms with van der Waals surface area (Å²) in [6.07, 6.45) is -2.84. The van der Waals surface area contributed by atoms with Gasteiger partial charge in [-0.25, -0.2) is 4.98 Å². The van der Waals surface area contributed by atoms with Crippen LogP contribution in [0, 0.1) is 0 Å². The Hall–Kier alpha value is -4.25. The maximum Gasteiger partial charge on any atom is 0.422 e. The lowest BCUT2D eigenvalue weighted by molar-refractivity contribution is -0.153. The first kappa shape index (κ1) is 25.4. The number of nitrogens with one attached hydrogen (secondary N) is 1. The second kappa shape index (κ2) is 10.6. The topological polar surface area (TPSA) is 96.7 Å². The molecule has 2 aromatic carbocycles. The SMILES string of the molecule is Nc1ccc(Oc2ccc3cc(C(=O)N4CCN(Cc5ccc(OCC(F)(F)F)cc5)CC4)[nH]c3c2)nc1. The van der Waals surface area contributed by atoms with Crippen LogP contribution in [0.25, 0.3) is 10.9 Å². The van der Waals surface area contributed by atoms with E-state index >= 15 is 0 Å². The second-order valence-corrected chi connectivity index (χ2v) is 9.08. The lowest BCUT2D eigenvalue weighted by Crippen LogP contribution is -2.48. The van der Waals surface area contributed by atoms with Crippen molar-refractivity contribution in [2.24, 2.45) is 0 Å². The Balaban J connectivity index is 1.15. The fraction of sp³-hybridized carbons (Fsp3) is 0.259. The number of rotatable bonds is 7. The molecule has 1 amide bonds. The van der Waals surface area contributed by atoms with Gasteiger partial charge in [-0.05, 0) is 42.0 Å². The number of aromatic nitrogens is 2. The quantitative estimate of drug-likeness (QED) is 0.359. The van der Waals surface area contributed by atoms with Crippen LogP contribution >= 0.6 is 0 Å². The number of amides is 1. The maximum absolute atomic E-state index is 13.1. The summed E-state index contributed by atoms with van der Waals surface area (Å²) in [4.78, 5) is 24.5. The van der Waals surface area contributed by atoms with Gasteiger partial charge in [0.25, 0.3) is 5.91 Å². The van der Waals surface area contributed by atoms with Crippen LogP contribution in [-0.2, 0) is 6.54 Å². The fourth-order valence-electron chi connectivity index (χ4n) is 4.25. The molecule has 0 bridgehead atoms. The van der Waals surface area contributed by atoms with Gasteiger partial charge in [0.2, 0.25) is 5.88 Å². The minimum atomic E-state index is -4.37. The molecule has 3 N–H and O–H groups in total. The van der Waals surface area contributed by atoms with Crippen molar-refractivity contribution in [2.75, 3.05) is 38.5 Å². The Morgan fingerprint density at radius 2 is 1.71 bits per heavy atom. The zero-order valence-corrected chi connectivity index (χ0v) is 20.4. The number of halogens is 3. The molecule has 0 aliphatic carbocycles. The number of hydrogen-bond donors (Lipinski definition) is 2. The number of aromatic amines is 1. The molecular weight excluding hydrogens is 499 g/mol. The molecule has 11 heteroatoms. The van der Waals surface area contributed by atoms with Crippen LogP contribution in [-0.4, -0.2) is 64.6 Å². The molecular formula is C27H26F3N5O3. The molecule has 0 spiro atoms. The molecule has 0 saturated carbocycles. The zero-order valence-electron chi connectivity index (χ0n) is 20.4. The number of fused-ring (bicyclic) bond motifs is 1. The van der Waals surface area contributed by atoms with Gasteiger partial charge in [-0.1, -0.05) is 12.1 Å². The first-order valence-electron chi connectivity index (χ1n) is 12.0. The van der Waals surface area contributed by atoms with Gasteiger partial charge in [-0.3, -0.25) is 9.69 Å². The summed E-state index contributed by atoms with van der Waals surface area (Å²) in [6, 6.07) is 17.3. The number of nitrogen functional groups attached to an aromatic ring is 1. The third-order valence-corrected chi connectivity index (χ3v) is 6.20. The average molecular weight is 526 g/mol. The molecule has 5 rings (SSSR count). The Morgan fingerprint density at radius 1 is 0.974 bits per heavy atom. The summed E-state index contributed by atoms with van der Waals surface area (Å²) in [6.45, 7) is 1.83. The highest BCUT2D eigenvalue weighted by Crippen LogP contribution is 2.26. The van der Waals surface area contributed by atoms with Crippen LogP contribution in [0.15, 0.2) is 66.9 Å². The third kappa shape index (κ3) is 6.35. The predicted molar refractivity (Wildman–Crippen MR) is 136 cm³/mol. The van der Waals surface area contributed by atoms with E-state index in [1.165, 1.54) is 6.20 Å². The number of ether oxygens (including phenoxy) is 2. The second-order valence-electron chi connectivity index (χ2n) is 9.08. The molecule has 0 unspecified atom stereocenters. The number of anilines is 1. The van der Waals surface area contributed by atoms with Crippen molar-refractivity contribution >= 4 is 22.5 Å². The van der Waals surface area contributed by atoms with Crippen molar-refractivity contribution in [3.8, 4) is 17.4 Å². The highest BCUT2D eigenvalue weighted by atomic mass is 19.4. The highest BCUT2D eigenvalue weighted by molar-refractivity contribution is 5.98. The van der Waals surface area contributed by atoms with Gasteiger partial charge in [0.05, 0.1) is 11.9 Å². The monoisotopic (exact) mass is 525 g/mol. The maximum atomic E-state index is 13.1. The Morgan fingerprint density at radius 3 is 2.39 bits per heavy atom. The number of H-pyrrole nitrogens is 1. The van der Waals surface area contributed by atoms with Gasteiger partial charge >= 0.3 is 6.18 Å². The smallest absolute Gasteiger partial charge is 0.422 e. The average Bonchev–Trinajstić information content (AvgIpc) is 3.33. The predicted octanol–water partition coefficient (Wildman–Crippen LogP) is 4.84. The van der Waals surface area contributed by atoms with E-state index in [1.807, 2.05) is 29.2 Å². The van der Waals surface area contributed by atoms with Crippen LogP contribution in [0.1, 0.15) is 16.1 Å². The number of alkyl halides is 3. The molecule has 198 valence electrons. The third-order valence-electron chi connectivity index (χ3n) is 6.20. The Labute approximate surface area is 216 Å². The molecule has 3 heterocycles. The summed E-state index contributed by atoms with van der Waals surface area (Å²) >= 11 is 0. The Kier molecular flexibility index (Phi) is 7.10. The fourth-order valence-corrected chi connectivity index (χ4v) is 4.25. The summed E-state index contributed by atoms with van der Waals surface area (Å²) in [5, 5.41) is 0.896. The van der Waals surface area contributed by atoms with Crippen LogP contribution in [0.4, 0.5) is 18.9 Å². The molecule has 0 atom stereocenters. The largest absolute Gasteiger partial charge is 0.484 e. The van der Waals surface area contributed by atoms with E-state index in [-0.39, 0.29) is 11.7 Å². The normalized spacial score (nSPS) is 14.6. The van der Waals surface area contributed by atoms with Crippen LogP contribution in [0.5, 0.6) is 17.4 Å². The van der Waals surface area contributed by atoms with E-state index < -0.39 is 12.8 Å². The standard InChI is InChI=1S/C27H26F3N5O3/c28-27(29,30)17-37-21-5-1-18(2-6-21)16-34-9-11-35(12-10-34)26(36)24-13-19-3-7-22(14-23(19)33-24)38-25-8-4-20(31)15-32-25/h1-8,13-15,33H,9-12,16-17,31H2. The molecule has 1 aliphatic heterocycles. The number of carbonyl (C=O) groups is 1. The molecule has 38 heavy (non-hydrogen) atoms. The van der Waals surface area contributed by atoms with Gasteiger partial charge in [0.1, 0.15) is 17.2 Å². The molecule has 4 aromatic rings. The summed E-state index contributed by atoms with van der Waals surface area (Å²) < 4.78 is 47.5. The van der Waals surface area contributed by atoms with Crippen molar-refractivity contribution in [3.05, 3.63) is 78.1 Å². The van der Waals surface area contributed by atoms with Crippen molar-refractivity contribution in [2.45, 2.75) is 12.7 Å². The molecule has 1 aliphatic rings. The van der Waals surface area contributed by atoms with E-state index in [0.29, 0.717) is 55.7 Å². The molecule has 2 aromatic heterocycles. The van der Waals surface area contributed by atoms with Gasteiger partial charge in [0.15, 0.2) is 6.61 Å². The van der Waals surface area contributed by atoms with E-state index in [0.717, 1.165) is 16.5 Å². The number of nitrogens with two attached hydrogens (primary N) is 1. The lowest BCUT2D eigenvalue weighted by atomic mass is 10.2. The molecule has 8 nitrogen and oxygen atoms in total. The number of carbonyl (C=O) groups excluding carboxylic acids is 1. The Bertz CT molecular complexity index is 1400. The minimum Gasteiger partial charge on any atom is -0.484 e. The van der Waals surface area contributed by atoms with E-state index in [4.69, 9.17) is 15.2 Å². The van der Waals surface area contributed by atoms with Crippen LogP contribution in [0.2, 0.25) is 0 Å². The molecule has 1 fully saturated rings. The van der Waals surface area contributed by atoms with Gasteiger partial charge in [0, 0.05) is 55.8 Å². The summed E-state index contributed by atoms with van der Waals surface area (Å²) in [5.74, 6) is 1.12. The van der Waals surface area contributed by atoms with Crippen molar-refractivity contribution in [1.29, 1.82) is 0 Å². The van der Waals surface area contributed by atoms with Crippen molar-refractivity contribution < 1.29 is 27.4 Å². The lowest BCUT2D eigenvalue weighted by Gasteiger charge is -2.34. The number of benzene rings is 2. The number of nitrogens with zero attached hydrogens (tertiary/aromatic N) is 3. The van der Waals surface area contributed by atoms with Crippen molar-refractivity contribution in [3.63, 3.8) is 0 Å². The van der Waals surface area contributed by atoms with Crippen LogP contribution < -0.4 is 15.2 Å². The zero-order chi connectivity index (χ0) is 26.7. The number of pyridine rings is 1. The van der Waals surface area contributed by atoms with Crippen molar-refractivity contribution in [1.82, 2.24) is 19.8 Å². The highest BCUT2D eigenvalue weighted by Gasteiger charge is 2.28. The molecule has 0 radical (unpaired) electrons. The van der Waals surface area contributed by atoms with E-state index in [2.05, 4.69) is 14.9 Å². The first-order chi connectivity index (χ1) is 18.2. The summed E-state index contributed by atoms with van der Waals surface area (Å²) in [7, 11) is 0. The minimum absolute atomic E-state index is 0.0744. The van der Waals surface area contributed by atoms with Gasteiger partial charge < -0.3 is 25.1 Å². The van der Waals surface area contributed by atoms with Gasteiger partial charge in [-0.2, -0.15) is 13.2 Å². The molecule has 1 saturated heterocycles. The number of hydrogen-bond acceptors (Lipinski definition) is 6. The summed E-state index contributed by atoms with van der Waals surface area (Å²) in [5.41, 5.74) is 8.46. The van der Waals surface area contributed by atoms with E-state index in [9.17, 15) is 18.0 Å². The number of piperazine rings is 1. The first-order valence-corrected chi connectivity index (χ1v) is 12.0.